The van der Waals surface area contributed by atoms with Crippen molar-refractivity contribution in [3.63, 3.8) is 0 Å². The van der Waals surface area contributed by atoms with Gasteiger partial charge in [0.2, 0.25) is 0 Å². The van der Waals surface area contributed by atoms with Gasteiger partial charge in [0.25, 0.3) is 0 Å². The zero-order chi connectivity index (χ0) is 15.3. The van der Waals surface area contributed by atoms with E-state index >= 15 is 0 Å². The second-order valence-electron chi connectivity index (χ2n) is 6.98. The molecular weight excluding hydrogens is 236 g/mol. The van der Waals surface area contributed by atoms with E-state index < -0.39 is 0 Å². The maximum Gasteiger partial charge on any atom is 0.0459 e. The number of hydrogen-bond acceptors (Lipinski definition) is 2. The third kappa shape index (κ3) is 17.9. The van der Waals surface area contributed by atoms with Gasteiger partial charge >= 0.3 is 0 Å². The smallest absolute Gasteiger partial charge is 0.0459 e. The van der Waals surface area contributed by atoms with Crippen molar-refractivity contribution in [2.45, 2.75) is 80.1 Å². The molecule has 2 atom stereocenters. The van der Waals surface area contributed by atoms with E-state index in [0.717, 1.165) is 12.8 Å². The summed E-state index contributed by atoms with van der Waals surface area (Å²) < 4.78 is 0. The first-order chi connectivity index (χ1) is 8.80. The van der Waals surface area contributed by atoms with Gasteiger partial charge < -0.3 is 10.2 Å². The maximum atomic E-state index is 8.75. The van der Waals surface area contributed by atoms with Crippen LogP contribution in [0.2, 0.25) is 0 Å². The molecule has 0 radical (unpaired) electrons. The van der Waals surface area contributed by atoms with Gasteiger partial charge in [-0.2, -0.15) is 0 Å². The molecule has 0 bridgehead atoms. The molecule has 2 nitrogen and oxygen atoms in total. The fourth-order valence-electron chi connectivity index (χ4n) is 2.29. The van der Waals surface area contributed by atoms with E-state index in [9.17, 15) is 0 Å². The van der Waals surface area contributed by atoms with Gasteiger partial charge in [0.05, 0.1) is 0 Å². The zero-order valence-electron chi connectivity index (χ0n) is 14.2. The molecule has 0 aliphatic carbocycles. The molecule has 0 fully saturated rings. The lowest BCUT2D eigenvalue weighted by atomic mass is 9.84. The topological polar surface area (TPSA) is 40.5 Å². The number of rotatable bonds is 8. The maximum absolute atomic E-state index is 8.75. The molecule has 0 spiro atoms. The van der Waals surface area contributed by atoms with Crippen LogP contribution in [0, 0.1) is 17.3 Å². The lowest BCUT2D eigenvalue weighted by molar-refractivity contribution is 0.212. The van der Waals surface area contributed by atoms with Crippen LogP contribution in [-0.4, -0.2) is 23.4 Å². The van der Waals surface area contributed by atoms with Crippen LogP contribution >= 0.6 is 0 Å². The Labute approximate surface area is 121 Å². The van der Waals surface area contributed by atoms with E-state index in [1.807, 2.05) is 0 Å². The van der Waals surface area contributed by atoms with Crippen LogP contribution in [0.5, 0.6) is 0 Å². The largest absolute Gasteiger partial charge is 0.396 e. The Morgan fingerprint density at radius 3 is 1.89 bits per heavy atom. The molecular formula is C17H38O2. The Morgan fingerprint density at radius 2 is 1.58 bits per heavy atom. The van der Waals surface area contributed by atoms with E-state index in [2.05, 4.69) is 41.5 Å². The molecule has 0 aromatic carbocycles. The lowest BCUT2D eigenvalue weighted by Crippen LogP contribution is -2.11. The average molecular weight is 274 g/mol. The fourth-order valence-corrected chi connectivity index (χ4v) is 2.29. The summed E-state index contributed by atoms with van der Waals surface area (Å²) >= 11 is 0. The van der Waals surface area contributed by atoms with Crippen LogP contribution in [-0.2, 0) is 0 Å². The van der Waals surface area contributed by atoms with E-state index in [1.165, 1.54) is 25.7 Å². The van der Waals surface area contributed by atoms with Gasteiger partial charge in [-0.15, -0.1) is 0 Å². The molecule has 0 aliphatic heterocycles. The first-order valence-electron chi connectivity index (χ1n) is 8.02. The molecule has 118 valence electrons. The standard InChI is InChI=1S/C9H20O.C8H18O/c1-8(5-6-10)7-9(2,3)4;1-3-5-6-8(4-2)7-9/h8,10H,5-7H2,1-4H3;8-9H,3-7H2,1-2H3. The van der Waals surface area contributed by atoms with Crippen molar-refractivity contribution in [3.8, 4) is 0 Å². The highest BCUT2D eigenvalue weighted by atomic mass is 16.3. The molecule has 0 aliphatic rings. The van der Waals surface area contributed by atoms with Crippen LogP contribution in [0.25, 0.3) is 0 Å². The molecule has 0 amide bonds. The molecule has 0 aromatic heterocycles. The van der Waals surface area contributed by atoms with Gasteiger partial charge in [-0.05, 0) is 36.5 Å². The summed E-state index contributed by atoms with van der Waals surface area (Å²) in [7, 11) is 0. The first-order valence-corrected chi connectivity index (χ1v) is 8.02. The van der Waals surface area contributed by atoms with Gasteiger partial charge in [-0.25, -0.2) is 0 Å². The summed E-state index contributed by atoms with van der Waals surface area (Å²) in [4.78, 5) is 0. The fraction of sp³-hybridized carbons (Fsp3) is 1.00. The Kier molecular flexibility index (Phi) is 14.4. The number of aliphatic hydroxyl groups is 2. The summed E-state index contributed by atoms with van der Waals surface area (Å²) in [5.74, 6) is 1.22. The number of unbranched alkanes of at least 4 members (excludes halogenated alkanes) is 1. The van der Waals surface area contributed by atoms with Crippen LogP contribution in [0.1, 0.15) is 80.1 Å². The zero-order valence-corrected chi connectivity index (χ0v) is 14.2. The summed E-state index contributed by atoms with van der Waals surface area (Å²) in [6.45, 7) is 13.9. The Bertz CT molecular complexity index is 169. The average Bonchev–Trinajstić information content (AvgIpc) is 2.29. The van der Waals surface area contributed by atoms with E-state index in [0.29, 0.717) is 30.5 Å². The highest BCUT2D eigenvalue weighted by Crippen LogP contribution is 2.25. The molecule has 0 aromatic rings. The Balaban J connectivity index is 0. The van der Waals surface area contributed by atoms with Crippen molar-refractivity contribution in [2.24, 2.45) is 17.3 Å². The van der Waals surface area contributed by atoms with Gasteiger partial charge in [0, 0.05) is 13.2 Å². The van der Waals surface area contributed by atoms with E-state index in [-0.39, 0.29) is 0 Å². The van der Waals surface area contributed by atoms with Gasteiger partial charge in [-0.1, -0.05) is 60.8 Å². The Hall–Kier alpha value is -0.0800. The van der Waals surface area contributed by atoms with Crippen LogP contribution in [0.4, 0.5) is 0 Å². The first kappa shape index (κ1) is 21.2. The van der Waals surface area contributed by atoms with Crippen molar-refractivity contribution in [3.05, 3.63) is 0 Å². The molecule has 2 N–H and O–H groups in total. The van der Waals surface area contributed by atoms with Crippen molar-refractivity contribution in [2.75, 3.05) is 13.2 Å². The highest BCUT2D eigenvalue weighted by molar-refractivity contribution is 4.65. The van der Waals surface area contributed by atoms with Gasteiger partial charge in [0.1, 0.15) is 0 Å². The van der Waals surface area contributed by atoms with Crippen LogP contribution in [0.3, 0.4) is 0 Å². The quantitative estimate of drug-likeness (QED) is 0.677. The molecule has 0 saturated heterocycles. The van der Waals surface area contributed by atoms with Gasteiger partial charge in [-0.3, -0.25) is 0 Å². The minimum Gasteiger partial charge on any atom is -0.396 e. The number of aliphatic hydroxyl groups excluding tert-OH is 2. The normalized spacial score (nSPS) is 14.5. The lowest BCUT2D eigenvalue weighted by Gasteiger charge is -2.22. The molecule has 0 heterocycles. The molecule has 2 unspecified atom stereocenters. The summed E-state index contributed by atoms with van der Waals surface area (Å²) in [6.07, 6.45) is 6.97. The van der Waals surface area contributed by atoms with Crippen LogP contribution in [0.15, 0.2) is 0 Å². The second-order valence-corrected chi connectivity index (χ2v) is 6.98. The third-order valence-corrected chi connectivity index (χ3v) is 3.38. The Morgan fingerprint density at radius 1 is 1.00 bits per heavy atom. The SMILES string of the molecule is CC(CCO)CC(C)(C)C.CCCCC(CC)CO. The van der Waals surface area contributed by atoms with E-state index in [4.69, 9.17) is 10.2 Å². The predicted octanol–water partition coefficient (Wildman–Crippen LogP) is 4.64. The summed E-state index contributed by atoms with van der Waals surface area (Å²) in [5, 5.41) is 17.4. The highest BCUT2D eigenvalue weighted by Gasteiger charge is 2.14. The molecule has 0 rings (SSSR count). The van der Waals surface area contributed by atoms with Crippen molar-refractivity contribution >= 4 is 0 Å². The predicted molar refractivity (Wildman–Crippen MR) is 85.3 cm³/mol. The van der Waals surface area contributed by atoms with Crippen molar-refractivity contribution in [1.29, 1.82) is 0 Å². The minimum atomic E-state index is 0.331. The molecule has 19 heavy (non-hydrogen) atoms. The van der Waals surface area contributed by atoms with Crippen molar-refractivity contribution in [1.82, 2.24) is 0 Å². The molecule has 2 heteroatoms. The minimum absolute atomic E-state index is 0.331. The second kappa shape index (κ2) is 12.9. The monoisotopic (exact) mass is 274 g/mol. The third-order valence-electron chi connectivity index (χ3n) is 3.38. The van der Waals surface area contributed by atoms with Crippen LogP contribution < -0.4 is 0 Å². The van der Waals surface area contributed by atoms with E-state index in [1.54, 1.807) is 0 Å². The van der Waals surface area contributed by atoms with Crippen molar-refractivity contribution < 1.29 is 10.2 Å². The molecule has 0 saturated carbocycles. The van der Waals surface area contributed by atoms with Gasteiger partial charge in [0.15, 0.2) is 0 Å². The summed E-state index contributed by atoms with van der Waals surface area (Å²) in [5.41, 5.74) is 0.411. The number of hydrogen-bond donors (Lipinski definition) is 2. The summed E-state index contributed by atoms with van der Waals surface area (Å²) in [6, 6.07) is 0.